The molecule has 2 heterocycles. The Bertz CT molecular complexity index is 870. The summed E-state index contributed by atoms with van der Waals surface area (Å²) < 4.78 is 5.31. The summed E-state index contributed by atoms with van der Waals surface area (Å²) in [5.41, 5.74) is 2.37. The van der Waals surface area contributed by atoms with E-state index < -0.39 is 6.04 Å². The fourth-order valence-electron chi connectivity index (χ4n) is 3.76. The van der Waals surface area contributed by atoms with Crippen LogP contribution >= 0.6 is 11.6 Å². The molecule has 2 fully saturated rings. The molecule has 7 nitrogen and oxygen atoms in total. The summed E-state index contributed by atoms with van der Waals surface area (Å²) in [6, 6.07) is 8.63. The van der Waals surface area contributed by atoms with Crippen LogP contribution in [0, 0.1) is 0 Å². The zero-order valence-electron chi connectivity index (χ0n) is 16.4. The minimum atomic E-state index is -0.503. The number of aromatic amines is 1. The maximum atomic E-state index is 12.8. The summed E-state index contributed by atoms with van der Waals surface area (Å²) >= 11 is 6.00. The first-order chi connectivity index (χ1) is 14.1. The summed E-state index contributed by atoms with van der Waals surface area (Å²) in [5.74, 6) is 0.188. The van der Waals surface area contributed by atoms with Crippen LogP contribution in [0.2, 0.25) is 5.02 Å². The van der Waals surface area contributed by atoms with Crippen molar-refractivity contribution in [2.45, 2.75) is 31.7 Å². The second kappa shape index (κ2) is 8.55. The molecule has 1 aromatic heterocycles. The number of nitrogens with zero attached hydrogens (tertiary/aromatic N) is 3. The fraction of sp³-hybridized carbons (Fsp3) is 0.476. The Kier molecular flexibility index (Phi) is 5.87. The number of H-pyrrole nitrogens is 1. The predicted octanol–water partition coefficient (Wildman–Crippen LogP) is 3.00. The first kappa shape index (κ1) is 19.9. The van der Waals surface area contributed by atoms with Gasteiger partial charge in [0.05, 0.1) is 6.61 Å². The molecule has 1 saturated carbocycles. The van der Waals surface area contributed by atoms with Crippen LogP contribution in [0.1, 0.15) is 53.5 Å². The van der Waals surface area contributed by atoms with E-state index in [1.165, 1.54) is 0 Å². The first-order valence-corrected chi connectivity index (χ1v) is 10.5. The van der Waals surface area contributed by atoms with E-state index >= 15 is 0 Å². The number of nitrogens with one attached hydrogen (secondary N) is 1. The smallest absolute Gasteiger partial charge is 0.328 e. The summed E-state index contributed by atoms with van der Waals surface area (Å²) in [5, 5.41) is 7.81. The van der Waals surface area contributed by atoms with E-state index in [4.69, 9.17) is 16.3 Å². The molecule has 2 aliphatic rings. The standard InChI is InChI=1S/C21H25ClN4O3/c1-2-29-21(28)19(15-5-7-16(22)8-6-15)25-9-11-26(12-10-25)20(27)18-13-17(23-24-18)14-3-4-14/h5-8,13-14,19H,2-4,9-12H2,1H3,(H,23,24). The van der Waals surface area contributed by atoms with Crippen molar-refractivity contribution in [3.8, 4) is 0 Å². The van der Waals surface area contributed by atoms with Crippen molar-refractivity contribution in [1.82, 2.24) is 20.0 Å². The van der Waals surface area contributed by atoms with Gasteiger partial charge in [0.1, 0.15) is 11.7 Å². The van der Waals surface area contributed by atoms with E-state index in [-0.39, 0.29) is 11.9 Å². The maximum absolute atomic E-state index is 12.8. The van der Waals surface area contributed by atoms with Crippen LogP contribution in [0.15, 0.2) is 30.3 Å². The molecule has 29 heavy (non-hydrogen) atoms. The Morgan fingerprint density at radius 2 is 1.90 bits per heavy atom. The lowest BCUT2D eigenvalue weighted by atomic mass is 10.0. The monoisotopic (exact) mass is 416 g/mol. The van der Waals surface area contributed by atoms with Gasteiger partial charge < -0.3 is 9.64 Å². The summed E-state index contributed by atoms with van der Waals surface area (Å²) in [6.07, 6.45) is 2.32. The molecule has 1 unspecified atom stereocenters. The lowest BCUT2D eigenvalue weighted by molar-refractivity contribution is -0.150. The minimum absolute atomic E-state index is 0.0630. The van der Waals surface area contributed by atoms with E-state index in [0.717, 1.165) is 24.1 Å². The highest BCUT2D eigenvalue weighted by Crippen LogP contribution is 2.39. The average Bonchev–Trinajstić information content (AvgIpc) is 3.46. The third kappa shape index (κ3) is 4.46. The number of aromatic nitrogens is 2. The Morgan fingerprint density at radius 3 is 2.52 bits per heavy atom. The molecule has 0 bridgehead atoms. The molecule has 1 aromatic carbocycles. The van der Waals surface area contributed by atoms with Crippen LogP contribution in [0.3, 0.4) is 0 Å². The number of esters is 1. The largest absolute Gasteiger partial charge is 0.465 e. The van der Waals surface area contributed by atoms with Crippen molar-refractivity contribution < 1.29 is 14.3 Å². The van der Waals surface area contributed by atoms with Gasteiger partial charge in [-0.05, 0) is 43.5 Å². The second-order valence-electron chi connectivity index (χ2n) is 7.52. The average molecular weight is 417 g/mol. The third-order valence-electron chi connectivity index (χ3n) is 5.50. The minimum Gasteiger partial charge on any atom is -0.465 e. The molecule has 2 aromatic rings. The van der Waals surface area contributed by atoms with E-state index in [1.54, 1.807) is 24.0 Å². The molecule has 1 aliphatic heterocycles. The SMILES string of the molecule is CCOC(=O)C(c1ccc(Cl)cc1)N1CCN(C(=O)c2cc(C3CC3)[nH]n2)CC1. The van der Waals surface area contributed by atoms with E-state index in [9.17, 15) is 9.59 Å². The molecule has 0 spiro atoms. The number of carbonyl (C=O) groups is 2. The number of benzene rings is 1. The van der Waals surface area contributed by atoms with E-state index in [2.05, 4.69) is 15.1 Å². The number of hydrogen-bond donors (Lipinski definition) is 1. The highest BCUT2D eigenvalue weighted by Gasteiger charge is 2.34. The molecule has 154 valence electrons. The van der Waals surface area contributed by atoms with Crippen LogP contribution in [-0.4, -0.2) is 64.7 Å². The van der Waals surface area contributed by atoms with Crippen LogP contribution in [0.25, 0.3) is 0 Å². The molecule has 1 aliphatic carbocycles. The Hall–Kier alpha value is -2.38. The lowest BCUT2D eigenvalue weighted by Crippen LogP contribution is -2.51. The maximum Gasteiger partial charge on any atom is 0.328 e. The summed E-state index contributed by atoms with van der Waals surface area (Å²) in [7, 11) is 0. The van der Waals surface area contributed by atoms with Gasteiger partial charge in [0.15, 0.2) is 0 Å². The number of rotatable bonds is 6. The Balaban J connectivity index is 1.43. The zero-order valence-corrected chi connectivity index (χ0v) is 17.2. The number of halogens is 1. The van der Waals surface area contributed by atoms with Crippen molar-refractivity contribution in [2.24, 2.45) is 0 Å². The molecule has 1 amide bonds. The van der Waals surface area contributed by atoms with Crippen molar-refractivity contribution in [1.29, 1.82) is 0 Å². The van der Waals surface area contributed by atoms with Gasteiger partial charge in [-0.3, -0.25) is 14.8 Å². The second-order valence-corrected chi connectivity index (χ2v) is 7.95. The van der Waals surface area contributed by atoms with Crippen LogP contribution in [-0.2, 0) is 9.53 Å². The van der Waals surface area contributed by atoms with Crippen molar-refractivity contribution in [2.75, 3.05) is 32.8 Å². The number of hydrogen-bond acceptors (Lipinski definition) is 5. The number of amides is 1. The number of piperazine rings is 1. The topological polar surface area (TPSA) is 78.5 Å². The summed E-state index contributed by atoms with van der Waals surface area (Å²) in [4.78, 5) is 29.3. The van der Waals surface area contributed by atoms with E-state index in [1.807, 2.05) is 18.2 Å². The highest BCUT2D eigenvalue weighted by atomic mass is 35.5. The zero-order chi connectivity index (χ0) is 20.4. The van der Waals surface area contributed by atoms with Gasteiger partial charge in [0, 0.05) is 42.8 Å². The number of ether oxygens (including phenoxy) is 1. The molecular formula is C21H25ClN4O3. The van der Waals surface area contributed by atoms with Crippen molar-refractivity contribution in [3.63, 3.8) is 0 Å². The highest BCUT2D eigenvalue weighted by molar-refractivity contribution is 6.30. The first-order valence-electron chi connectivity index (χ1n) is 10.1. The van der Waals surface area contributed by atoms with Gasteiger partial charge in [0.2, 0.25) is 0 Å². The van der Waals surface area contributed by atoms with Crippen LogP contribution in [0.4, 0.5) is 0 Å². The van der Waals surface area contributed by atoms with Gasteiger partial charge in [-0.15, -0.1) is 0 Å². The van der Waals surface area contributed by atoms with Crippen molar-refractivity contribution >= 4 is 23.5 Å². The molecule has 1 saturated heterocycles. The Morgan fingerprint density at radius 1 is 1.21 bits per heavy atom. The molecule has 8 heteroatoms. The third-order valence-corrected chi connectivity index (χ3v) is 5.75. The molecular weight excluding hydrogens is 392 g/mol. The predicted molar refractivity (Wildman–Crippen MR) is 109 cm³/mol. The van der Waals surface area contributed by atoms with E-state index in [0.29, 0.717) is 49.4 Å². The van der Waals surface area contributed by atoms with Gasteiger partial charge in [-0.1, -0.05) is 23.7 Å². The molecule has 4 rings (SSSR count). The van der Waals surface area contributed by atoms with Crippen molar-refractivity contribution in [3.05, 3.63) is 52.3 Å². The fourth-order valence-corrected chi connectivity index (χ4v) is 3.88. The van der Waals surface area contributed by atoms with Crippen LogP contribution < -0.4 is 0 Å². The van der Waals surface area contributed by atoms with Gasteiger partial charge in [-0.25, -0.2) is 4.79 Å². The lowest BCUT2D eigenvalue weighted by Gasteiger charge is -2.38. The molecule has 1 N–H and O–H groups in total. The van der Waals surface area contributed by atoms with Gasteiger partial charge in [0.25, 0.3) is 5.91 Å². The quantitative estimate of drug-likeness (QED) is 0.732. The van der Waals surface area contributed by atoms with Crippen LogP contribution in [0.5, 0.6) is 0 Å². The molecule has 0 radical (unpaired) electrons. The normalized spacial score (nSPS) is 18.5. The summed E-state index contributed by atoms with van der Waals surface area (Å²) in [6.45, 7) is 4.36. The van der Waals surface area contributed by atoms with Gasteiger partial charge in [-0.2, -0.15) is 5.10 Å². The van der Waals surface area contributed by atoms with Gasteiger partial charge >= 0.3 is 5.97 Å². The number of carbonyl (C=O) groups excluding carboxylic acids is 2. The Labute approximate surface area is 175 Å². The molecule has 1 atom stereocenters.